The van der Waals surface area contributed by atoms with Crippen LogP contribution >= 0.6 is 0 Å². The van der Waals surface area contributed by atoms with Crippen LogP contribution in [0.3, 0.4) is 0 Å². The minimum atomic E-state index is -3.69. The fourth-order valence-electron chi connectivity index (χ4n) is 3.22. The molecule has 7 heteroatoms. The molecule has 0 aliphatic carbocycles. The number of carbonyl (C=O) groups is 1. The smallest absolute Gasteiger partial charge is 0.261 e. The Balaban J connectivity index is 1.59. The van der Waals surface area contributed by atoms with Crippen molar-refractivity contribution in [3.63, 3.8) is 0 Å². The number of ether oxygens (including phenoxy) is 1. The molecule has 2 aromatic rings. The summed E-state index contributed by atoms with van der Waals surface area (Å²) in [4.78, 5) is 12.7. The number of carbonyl (C=O) groups excluding carboxylic acids is 1. The fraction of sp³-hybridized carbons (Fsp3) is 0.381. The first-order valence-electron chi connectivity index (χ1n) is 9.54. The van der Waals surface area contributed by atoms with Crippen molar-refractivity contribution in [2.24, 2.45) is 0 Å². The summed E-state index contributed by atoms with van der Waals surface area (Å²) in [7, 11) is -3.69. The Morgan fingerprint density at radius 1 is 1.18 bits per heavy atom. The Morgan fingerprint density at radius 3 is 2.68 bits per heavy atom. The molecule has 6 nitrogen and oxygen atoms in total. The van der Waals surface area contributed by atoms with E-state index in [9.17, 15) is 13.2 Å². The molecule has 1 aliphatic rings. The second-order valence-electron chi connectivity index (χ2n) is 7.09. The molecule has 3 rings (SSSR count). The van der Waals surface area contributed by atoms with Gasteiger partial charge >= 0.3 is 0 Å². The highest BCUT2D eigenvalue weighted by Crippen LogP contribution is 2.19. The minimum absolute atomic E-state index is 0.0152. The molecule has 2 aromatic carbocycles. The van der Waals surface area contributed by atoms with Crippen LogP contribution < -0.4 is 10.0 Å². The molecule has 0 spiro atoms. The van der Waals surface area contributed by atoms with E-state index in [4.69, 9.17) is 4.74 Å². The SMILES string of the molecule is CC(CCC1CCCO1)NC(=O)c1cccc(NS(=O)(=O)c2ccccc2)c1. The third-order valence-corrected chi connectivity index (χ3v) is 6.15. The summed E-state index contributed by atoms with van der Waals surface area (Å²) in [6.07, 6.45) is 4.27. The van der Waals surface area contributed by atoms with E-state index in [-0.39, 0.29) is 16.8 Å². The van der Waals surface area contributed by atoms with Gasteiger partial charge in [-0.2, -0.15) is 0 Å². The van der Waals surface area contributed by atoms with Crippen LogP contribution in [0.15, 0.2) is 59.5 Å². The Bertz CT molecular complexity index is 894. The maximum atomic E-state index is 12.5. The Labute approximate surface area is 166 Å². The predicted octanol–water partition coefficient (Wildman–Crippen LogP) is 3.56. The highest BCUT2D eigenvalue weighted by atomic mass is 32.2. The van der Waals surface area contributed by atoms with Gasteiger partial charge in [0.1, 0.15) is 0 Å². The molecule has 2 atom stereocenters. The number of benzene rings is 2. The van der Waals surface area contributed by atoms with Crippen molar-refractivity contribution in [1.82, 2.24) is 5.32 Å². The van der Waals surface area contributed by atoms with E-state index in [1.807, 2.05) is 6.92 Å². The highest BCUT2D eigenvalue weighted by Gasteiger charge is 2.18. The van der Waals surface area contributed by atoms with Gasteiger partial charge in [-0.3, -0.25) is 9.52 Å². The van der Waals surface area contributed by atoms with Gasteiger partial charge in [0, 0.05) is 23.9 Å². The van der Waals surface area contributed by atoms with Crippen molar-refractivity contribution in [2.75, 3.05) is 11.3 Å². The standard InChI is InChI=1S/C21H26N2O4S/c1-16(12-13-19-9-6-14-27-19)22-21(24)17-7-5-8-18(15-17)23-28(25,26)20-10-3-2-4-11-20/h2-5,7-8,10-11,15-16,19,23H,6,9,12-14H2,1H3,(H,22,24). The first-order valence-corrected chi connectivity index (χ1v) is 11.0. The molecule has 150 valence electrons. The number of amides is 1. The second-order valence-corrected chi connectivity index (χ2v) is 8.77. The Morgan fingerprint density at radius 2 is 1.96 bits per heavy atom. The van der Waals surface area contributed by atoms with Gasteiger partial charge in [0.25, 0.3) is 15.9 Å². The first kappa shape index (κ1) is 20.4. The molecule has 1 fully saturated rings. The summed E-state index contributed by atoms with van der Waals surface area (Å²) in [6.45, 7) is 2.80. The molecule has 0 aromatic heterocycles. The van der Waals surface area contributed by atoms with E-state index in [0.717, 1.165) is 32.3 Å². The van der Waals surface area contributed by atoms with E-state index in [1.54, 1.807) is 42.5 Å². The van der Waals surface area contributed by atoms with Crippen LogP contribution in [-0.4, -0.2) is 33.1 Å². The van der Waals surface area contributed by atoms with Crippen LogP contribution in [0, 0.1) is 0 Å². The Hall–Kier alpha value is -2.38. The lowest BCUT2D eigenvalue weighted by Crippen LogP contribution is -2.33. The van der Waals surface area contributed by atoms with Gasteiger partial charge in [-0.25, -0.2) is 8.42 Å². The monoisotopic (exact) mass is 402 g/mol. The number of hydrogen-bond donors (Lipinski definition) is 2. The van der Waals surface area contributed by atoms with Crippen LogP contribution in [0.4, 0.5) is 5.69 Å². The number of rotatable bonds is 8. The van der Waals surface area contributed by atoms with Gasteiger partial charge in [0.05, 0.1) is 11.0 Å². The summed E-state index contributed by atoms with van der Waals surface area (Å²) in [5, 5.41) is 2.97. The van der Waals surface area contributed by atoms with Crippen molar-refractivity contribution in [3.05, 3.63) is 60.2 Å². The van der Waals surface area contributed by atoms with E-state index in [1.165, 1.54) is 12.1 Å². The normalized spacial score (nSPS) is 17.8. The average molecular weight is 403 g/mol. The van der Waals surface area contributed by atoms with E-state index < -0.39 is 10.0 Å². The first-order chi connectivity index (χ1) is 13.4. The maximum Gasteiger partial charge on any atom is 0.261 e. The second kappa shape index (κ2) is 9.21. The quantitative estimate of drug-likeness (QED) is 0.707. The molecule has 0 bridgehead atoms. The Kier molecular flexibility index (Phi) is 6.70. The molecule has 0 radical (unpaired) electrons. The lowest BCUT2D eigenvalue weighted by atomic mass is 10.1. The number of nitrogens with one attached hydrogen (secondary N) is 2. The van der Waals surface area contributed by atoms with Crippen molar-refractivity contribution < 1.29 is 17.9 Å². The molecule has 2 unspecified atom stereocenters. The third kappa shape index (κ3) is 5.56. The molecule has 1 heterocycles. The molecule has 0 saturated carbocycles. The van der Waals surface area contributed by atoms with Crippen LogP contribution in [0.2, 0.25) is 0 Å². The number of hydrogen-bond acceptors (Lipinski definition) is 4. The molecular weight excluding hydrogens is 376 g/mol. The molecule has 1 aliphatic heterocycles. The van der Waals surface area contributed by atoms with Crippen LogP contribution in [0.1, 0.15) is 43.0 Å². The maximum absolute atomic E-state index is 12.5. The van der Waals surface area contributed by atoms with Crippen molar-refractivity contribution in [2.45, 2.75) is 49.6 Å². The summed E-state index contributed by atoms with van der Waals surface area (Å²) < 4.78 is 33.0. The van der Waals surface area contributed by atoms with Gasteiger partial charge in [-0.1, -0.05) is 24.3 Å². The van der Waals surface area contributed by atoms with Gasteiger partial charge in [0.15, 0.2) is 0 Å². The minimum Gasteiger partial charge on any atom is -0.378 e. The van der Waals surface area contributed by atoms with Gasteiger partial charge in [-0.05, 0) is 62.9 Å². The van der Waals surface area contributed by atoms with Crippen molar-refractivity contribution in [3.8, 4) is 0 Å². The van der Waals surface area contributed by atoms with Crippen molar-refractivity contribution >= 4 is 21.6 Å². The van der Waals surface area contributed by atoms with Crippen molar-refractivity contribution in [1.29, 1.82) is 0 Å². The predicted molar refractivity (Wildman–Crippen MR) is 109 cm³/mol. The largest absolute Gasteiger partial charge is 0.378 e. The van der Waals surface area contributed by atoms with E-state index in [0.29, 0.717) is 17.4 Å². The van der Waals surface area contributed by atoms with Crippen LogP contribution in [0.5, 0.6) is 0 Å². The number of anilines is 1. The molecule has 28 heavy (non-hydrogen) atoms. The van der Waals surface area contributed by atoms with Gasteiger partial charge < -0.3 is 10.1 Å². The van der Waals surface area contributed by atoms with Crippen LogP contribution in [0.25, 0.3) is 0 Å². The topological polar surface area (TPSA) is 84.5 Å². The lowest BCUT2D eigenvalue weighted by Gasteiger charge is -2.16. The fourth-order valence-corrected chi connectivity index (χ4v) is 4.30. The summed E-state index contributed by atoms with van der Waals surface area (Å²) in [5.74, 6) is -0.222. The van der Waals surface area contributed by atoms with Gasteiger partial charge in [-0.15, -0.1) is 0 Å². The summed E-state index contributed by atoms with van der Waals surface area (Å²) >= 11 is 0. The lowest BCUT2D eigenvalue weighted by molar-refractivity contribution is 0.0899. The molecule has 1 amide bonds. The van der Waals surface area contributed by atoms with E-state index >= 15 is 0 Å². The molecular formula is C21H26N2O4S. The third-order valence-electron chi connectivity index (χ3n) is 4.75. The highest BCUT2D eigenvalue weighted by molar-refractivity contribution is 7.92. The summed E-state index contributed by atoms with van der Waals surface area (Å²) in [5.41, 5.74) is 0.765. The summed E-state index contributed by atoms with van der Waals surface area (Å²) in [6, 6.07) is 14.6. The van der Waals surface area contributed by atoms with Gasteiger partial charge in [0.2, 0.25) is 0 Å². The molecule has 1 saturated heterocycles. The molecule has 2 N–H and O–H groups in total. The van der Waals surface area contributed by atoms with Crippen LogP contribution in [-0.2, 0) is 14.8 Å². The van der Waals surface area contributed by atoms with E-state index in [2.05, 4.69) is 10.0 Å². The zero-order valence-corrected chi connectivity index (χ0v) is 16.7. The zero-order chi connectivity index (χ0) is 20.0. The average Bonchev–Trinajstić information content (AvgIpc) is 3.20. The number of sulfonamides is 1. The zero-order valence-electron chi connectivity index (χ0n) is 15.9.